The molecule has 0 bridgehead atoms. The van der Waals surface area contributed by atoms with Gasteiger partial charge in [0.1, 0.15) is 0 Å². The molecule has 29 heavy (non-hydrogen) atoms. The monoisotopic (exact) mass is 446 g/mol. The minimum atomic E-state index is -0.150. The van der Waals surface area contributed by atoms with E-state index in [4.69, 9.17) is 32.9 Å². The number of anilines is 1. The zero-order chi connectivity index (χ0) is 20.4. The van der Waals surface area contributed by atoms with Gasteiger partial charge >= 0.3 is 0 Å². The molecule has 4 nitrogen and oxygen atoms in total. The molecular weight excluding hydrogens is 427 g/mol. The summed E-state index contributed by atoms with van der Waals surface area (Å²) in [6.45, 7) is 3.15. The molecule has 0 aliphatic carbocycles. The molecule has 0 saturated carbocycles. The number of carbonyl (C=O) groups is 1. The number of benzene rings is 2. The summed E-state index contributed by atoms with van der Waals surface area (Å²) in [5, 5.41) is 1.92. The lowest BCUT2D eigenvalue weighted by Crippen LogP contribution is -2.36. The molecule has 7 heteroatoms. The maximum absolute atomic E-state index is 13.1. The maximum Gasteiger partial charge on any atom is 0.252 e. The van der Waals surface area contributed by atoms with Gasteiger partial charge in [-0.15, -0.1) is 0 Å². The summed E-state index contributed by atoms with van der Waals surface area (Å²) >= 11 is 13.9. The molecule has 0 radical (unpaired) electrons. The lowest BCUT2D eigenvalue weighted by molar-refractivity contribution is -0.114. The van der Waals surface area contributed by atoms with Gasteiger partial charge in [0.25, 0.3) is 5.91 Å². The Morgan fingerprint density at radius 3 is 2.86 bits per heavy atom. The number of aromatic nitrogens is 1. The van der Waals surface area contributed by atoms with Gasteiger partial charge in [-0.1, -0.05) is 52.7 Å². The summed E-state index contributed by atoms with van der Waals surface area (Å²) in [5.74, 6) is -0.150. The summed E-state index contributed by atoms with van der Waals surface area (Å²) in [5.41, 5.74) is 2.55. The fourth-order valence-electron chi connectivity index (χ4n) is 3.32. The highest BCUT2D eigenvalue weighted by atomic mass is 35.5. The van der Waals surface area contributed by atoms with Gasteiger partial charge < -0.3 is 4.74 Å². The average molecular weight is 447 g/mol. The van der Waals surface area contributed by atoms with E-state index in [0.29, 0.717) is 21.7 Å². The molecule has 1 fully saturated rings. The minimum Gasteiger partial charge on any atom is -0.376 e. The van der Waals surface area contributed by atoms with E-state index in [0.717, 1.165) is 40.8 Å². The van der Waals surface area contributed by atoms with Gasteiger partial charge in [0, 0.05) is 22.7 Å². The predicted molar refractivity (Wildman–Crippen MR) is 121 cm³/mol. The van der Waals surface area contributed by atoms with Crippen LogP contribution in [0.15, 0.2) is 42.5 Å². The van der Waals surface area contributed by atoms with E-state index in [-0.39, 0.29) is 12.0 Å². The second kappa shape index (κ2) is 8.84. The van der Waals surface area contributed by atoms with E-state index < -0.39 is 0 Å². The van der Waals surface area contributed by atoms with Gasteiger partial charge in [0.05, 0.1) is 22.9 Å². The van der Waals surface area contributed by atoms with Crippen LogP contribution in [0.1, 0.15) is 24.0 Å². The minimum absolute atomic E-state index is 0.0179. The zero-order valence-corrected chi connectivity index (χ0v) is 18.2. The first-order valence-electron chi connectivity index (χ1n) is 9.44. The first kappa shape index (κ1) is 20.4. The molecule has 4 rings (SSSR count). The number of nitrogens with zero attached hydrogens (tertiary/aromatic N) is 2. The van der Waals surface area contributed by atoms with Crippen LogP contribution >= 0.6 is 34.5 Å². The summed E-state index contributed by atoms with van der Waals surface area (Å²) in [6, 6.07) is 11.2. The number of thiazole rings is 1. The molecule has 1 aliphatic heterocycles. The second-order valence-electron chi connectivity index (χ2n) is 6.95. The quantitative estimate of drug-likeness (QED) is 0.442. The molecule has 1 aromatic heterocycles. The van der Waals surface area contributed by atoms with E-state index >= 15 is 0 Å². The SMILES string of the molecule is Cc1c(Cl)ccc2sc(N(CC3CCCO3)C(=O)/C=C/c3ccccc3Cl)nc12. The van der Waals surface area contributed by atoms with E-state index in [1.165, 1.54) is 11.3 Å². The highest BCUT2D eigenvalue weighted by molar-refractivity contribution is 7.22. The third-order valence-electron chi connectivity index (χ3n) is 4.95. The van der Waals surface area contributed by atoms with Crippen molar-refractivity contribution in [2.24, 2.45) is 0 Å². The van der Waals surface area contributed by atoms with Gasteiger partial charge in [-0.2, -0.15) is 0 Å². The first-order valence-corrected chi connectivity index (χ1v) is 11.0. The van der Waals surface area contributed by atoms with Crippen molar-refractivity contribution in [3.05, 3.63) is 63.6 Å². The van der Waals surface area contributed by atoms with Crippen LogP contribution in [0, 0.1) is 6.92 Å². The number of carbonyl (C=O) groups excluding carboxylic acids is 1. The molecule has 0 N–H and O–H groups in total. The standard InChI is InChI=1S/C22H20Cl2N2O2S/c1-14-17(23)9-10-19-21(14)25-22(29-19)26(13-16-6-4-12-28-16)20(27)11-8-15-5-2-3-7-18(15)24/h2-3,5,7-11,16H,4,6,12-13H2,1H3/b11-8+. The molecular formula is C22H20Cl2N2O2S. The average Bonchev–Trinajstić information content (AvgIpc) is 3.38. The van der Waals surface area contributed by atoms with Gasteiger partial charge in [0.2, 0.25) is 0 Å². The Morgan fingerprint density at radius 1 is 1.28 bits per heavy atom. The number of halogens is 2. The van der Waals surface area contributed by atoms with Gasteiger partial charge in [0.15, 0.2) is 5.13 Å². The Kier molecular flexibility index (Phi) is 6.20. The van der Waals surface area contributed by atoms with Crippen LogP contribution in [0.3, 0.4) is 0 Å². The predicted octanol–water partition coefficient (Wildman–Crippen LogP) is 6.14. The molecule has 1 atom stereocenters. The van der Waals surface area contributed by atoms with Gasteiger partial charge in [-0.05, 0) is 55.2 Å². The van der Waals surface area contributed by atoms with Crippen molar-refractivity contribution in [3.8, 4) is 0 Å². The molecule has 1 unspecified atom stereocenters. The molecule has 2 aromatic carbocycles. The smallest absolute Gasteiger partial charge is 0.252 e. The van der Waals surface area contributed by atoms with E-state index in [1.807, 2.05) is 37.3 Å². The first-order chi connectivity index (χ1) is 14.0. The molecule has 0 spiro atoms. The molecule has 2 heterocycles. The molecule has 1 saturated heterocycles. The molecule has 150 valence electrons. The third-order valence-corrected chi connectivity index (χ3v) is 6.75. The molecule has 3 aromatic rings. The van der Waals surface area contributed by atoms with Crippen LogP contribution in [-0.2, 0) is 9.53 Å². The Bertz CT molecular complexity index is 1070. The number of ether oxygens (including phenoxy) is 1. The topological polar surface area (TPSA) is 42.4 Å². The number of amides is 1. The Morgan fingerprint density at radius 2 is 2.10 bits per heavy atom. The summed E-state index contributed by atoms with van der Waals surface area (Å²) in [4.78, 5) is 19.6. The van der Waals surface area contributed by atoms with E-state index in [9.17, 15) is 4.79 Å². The van der Waals surface area contributed by atoms with Crippen LogP contribution < -0.4 is 4.90 Å². The van der Waals surface area contributed by atoms with Crippen molar-refractivity contribution in [1.29, 1.82) is 0 Å². The third kappa shape index (κ3) is 4.48. The fraction of sp³-hybridized carbons (Fsp3) is 0.273. The number of aryl methyl sites for hydroxylation is 1. The highest BCUT2D eigenvalue weighted by Gasteiger charge is 2.25. The molecule has 1 amide bonds. The van der Waals surface area contributed by atoms with Crippen molar-refractivity contribution < 1.29 is 9.53 Å². The number of fused-ring (bicyclic) bond motifs is 1. The largest absolute Gasteiger partial charge is 0.376 e. The summed E-state index contributed by atoms with van der Waals surface area (Å²) in [6.07, 6.45) is 5.25. The van der Waals surface area contributed by atoms with E-state index in [1.54, 1.807) is 23.1 Å². The summed E-state index contributed by atoms with van der Waals surface area (Å²) < 4.78 is 6.77. The van der Waals surface area contributed by atoms with E-state index in [2.05, 4.69) is 0 Å². The lowest BCUT2D eigenvalue weighted by atomic mass is 10.2. The van der Waals surface area contributed by atoms with Crippen molar-refractivity contribution in [2.75, 3.05) is 18.1 Å². The van der Waals surface area contributed by atoms with Gasteiger partial charge in [-0.25, -0.2) is 4.98 Å². The van der Waals surface area contributed by atoms with Crippen LogP contribution in [0.4, 0.5) is 5.13 Å². The number of hydrogen-bond acceptors (Lipinski definition) is 4. The zero-order valence-electron chi connectivity index (χ0n) is 15.9. The van der Waals surface area contributed by atoms with Gasteiger partial charge in [-0.3, -0.25) is 9.69 Å². The van der Waals surface area contributed by atoms with Crippen LogP contribution in [0.25, 0.3) is 16.3 Å². The van der Waals surface area contributed by atoms with Crippen LogP contribution in [0.2, 0.25) is 10.0 Å². The normalized spacial score (nSPS) is 16.7. The number of hydrogen-bond donors (Lipinski definition) is 0. The second-order valence-corrected chi connectivity index (χ2v) is 8.78. The Labute approximate surface area is 183 Å². The number of rotatable bonds is 5. The van der Waals surface area contributed by atoms with Crippen LogP contribution in [0.5, 0.6) is 0 Å². The Hall–Kier alpha value is -1.92. The van der Waals surface area contributed by atoms with Crippen molar-refractivity contribution in [1.82, 2.24) is 4.98 Å². The Balaban J connectivity index is 1.67. The highest BCUT2D eigenvalue weighted by Crippen LogP contribution is 2.34. The van der Waals surface area contributed by atoms with Crippen molar-refractivity contribution in [2.45, 2.75) is 25.9 Å². The summed E-state index contributed by atoms with van der Waals surface area (Å²) in [7, 11) is 0. The van der Waals surface area contributed by atoms with Crippen molar-refractivity contribution >= 4 is 61.9 Å². The molecule has 1 aliphatic rings. The van der Waals surface area contributed by atoms with Crippen LogP contribution in [-0.4, -0.2) is 30.1 Å². The fourth-order valence-corrected chi connectivity index (χ4v) is 4.71. The maximum atomic E-state index is 13.1. The lowest BCUT2D eigenvalue weighted by Gasteiger charge is -2.21. The van der Waals surface area contributed by atoms with Crippen molar-refractivity contribution in [3.63, 3.8) is 0 Å².